The largest absolute Gasteiger partial charge is 0.481 e. The molecule has 4 unspecified atom stereocenters. The third-order valence-corrected chi connectivity index (χ3v) is 4.64. The van der Waals surface area contributed by atoms with Gasteiger partial charge in [-0.25, -0.2) is 0 Å². The van der Waals surface area contributed by atoms with Crippen LogP contribution in [0.4, 0.5) is 0 Å². The van der Waals surface area contributed by atoms with Gasteiger partial charge in [-0.1, -0.05) is 19.1 Å². The van der Waals surface area contributed by atoms with Gasteiger partial charge in [0.05, 0.1) is 25.0 Å². The van der Waals surface area contributed by atoms with Crippen molar-refractivity contribution in [1.29, 1.82) is 0 Å². The summed E-state index contributed by atoms with van der Waals surface area (Å²) in [6.45, 7) is 3.94. The van der Waals surface area contributed by atoms with Crippen LogP contribution in [0.5, 0.6) is 0 Å². The highest BCUT2D eigenvalue weighted by molar-refractivity contribution is 5.86. The van der Waals surface area contributed by atoms with Crippen molar-refractivity contribution in [2.45, 2.75) is 13.3 Å². The van der Waals surface area contributed by atoms with Gasteiger partial charge < -0.3 is 15.2 Å². The Labute approximate surface area is 112 Å². The fraction of sp³-hybridized carbons (Fsp3) is 0.714. The summed E-state index contributed by atoms with van der Waals surface area (Å²) in [5.41, 5.74) is 0.0157. The van der Waals surface area contributed by atoms with Crippen molar-refractivity contribution in [2.24, 2.45) is 29.1 Å². The van der Waals surface area contributed by atoms with Crippen LogP contribution in [0.25, 0.3) is 0 Å². The second-order valence-corrected chi connectivity index (χ2v) is 6.36. The number of carbonyl (C=O) groups excluding carboxylic acids is 1. The van der Waals surface area contributed by atoms with Gasteiger partial charge in [0, 0.05) is 12.0 Å². The van der Waals surface area contributed by atoms with E-state index in [1.165, 1.54) is 0 Å². The van der Waals surface area contributed by atoms with Crippen molar-refractivity contribution in [3.63, 3.8) is 0 Å². The zero-order valence-electron chi connectivity index (χ0n) is 11.0. The number of hydrogen-bond donors (Lipinski definition) is 2. The van der Waals surface area contributed by atoms with E-state index in [9.17, 15) is 14.7 Å². The van der Waals surface area contributed by atoms with Crippen LogP contribution in [0.3, 0.4) is 0 Å². The zero-order valence-corrected chi connectivity index (χ0v) is 11.0. The van der Waals surface area contributed by atoms with Gasteiger partial charge in [-0.15, -0.1) is 0 Å². The maximum absolute atomic E-state index is 12.3. The molecule has 2 N–H and O–H groups in total. The molecule has 4 atom stereocenters. The lowest BCUT2D eigenvalue weighted by molar-refractivity contribution is -0.148. The smallest absolute Gasteiger partial charge is 0.307 e. The summed E-state index contributed by atoms with van der Waals surface area (Å²) in [7, 11) is 0. The van der Waals surface area contributed by atoms with E-state index < -0.39 is 17.8 Å². The van der Waals surface area contributed by atoms with E-state index >= 15 is 0 Å². The number of carboxylic acid groups (broad SMARTS) is 1. The van der Waals surface area contributed by atoms with Gasteiger partial charge in [-0.2, -0.15) is 0 Å². The van der Waals surface area contributed by atoms with Crippen LogP contribution in [0.2, 0.25) is 0 Å². The number of aliphatic carboxylic acids is 1. The Morgan fingerprint density at radius 1 is 1.32 bits per heavy atom. The van der Waals surface area contributed by atoms with Gasteiger partial charge in [0.25, 0.3) is 0 Å². The summed E-state index contributed by atoms with van der Waals surface area (Å²) < 4.78 is 5.15. The number of hydrogen-bond acceptors (Lipinski definition) is 3. The maximum atomic E-state index is 12.3. The molecule has 5 nitrogen and oxygen atoms in total. The first-order valence-electron chi connectivity index (χ1n) is 6.77. The van der Waals surface area contributed by atoms with Gasteiger partial charge in [-0.05, 0) is 18.3 Å². The summed E-state index contributed by atoms with van der Waals surface area (Å²) in [6, 6.07) is 0. The third-order valence-electron chi connectivity index (χ3n) is 4.64. The second kappa shape index (κ2) is 4.34. The molecule has 104 valence electrons. The molecule has 1 aliphatic heterocycles. The molecule has 2 aliphatic carbocycles. The number of amides is 1. The molecule has 1 saturated carbocycles. The zero-order chi connectivity index (χ0) is 13.6. The Morgan fingerprint density at radius 3 is 2.47 bits per heavy atom. The maximum Gasteiger partial charge on any atom is 0.307 e. The second-order valence-electron chi connectivity index (χ2n) is 6.36. The highest BCUT2D eigenvalue weighted by atomic mass is 16.5. The molecular formula is C14H19NO4. The minimum atomic E-state index is -0.852. The molecule has 0 aromatic rings. The van der Waals surface area contributed by atoms with Crippen LogP contribution in [0.1, 0.15) is 13.3 Å². The first-order valence-corrected chi connectivity index (χ1v) is 6.77. The van der Waals surface area contributed by atoms with Crippen LogP contribution in [-0.4, -0.2) is 36.7 Å². The molecule has 1 saturated heterocycles. The standard InChI is InChI=1S/C14H19NO4/c1-14(6-19-7-14)5-15-12(16)10-8-2-3-9(4-8)11(10)13(17)18/h2-3,8-11H,4-7H2,1H3,(H,15,16)(H,17,18). The summed E-state index contributed by atoms with van der Waals surface area (Å²) in [6.07, 6.45) is 4.76. The van der Waals surface area contributed by atoms with E-state index in [0.29, 0.717) is 19.8 Å². The molecule has 3 rings (SSSR count). The molecule has 0 aromatic heterocycles. The van der Waals surface area contributed by atoms with E-state index in [-0.39, 0.29) is 23.2 Å². The van der Waals surface area contributed by atoms with Crippen molar-refractivity contribution in [3.05, 3.63) is 12.2 Å². The number of fused-ring (bicyclic) bond motifs is 2. The predicted molar refractivity (Wildman–Crippen MR) is 67.3 cm³/mol. The van der Waals surface area contributed by atoms with Crippen molar-refractivity contribution < 1.29 is 19.4 Å². The van der Waals surface area contributed by atoms with E-state index in [2.05, 4.69) is 12.2 Å². The van der Waals surface area contributed by atoms with E-state index in [4.69, 9.17) is 4.74 Å². The van der Waals surface area contributed by atoms with Crippen molar-refractivity contribution in [1.82, 2.24) is 5.32 Å². The number of carbonyl (C=O) groups is 2. The van der Waals surface area contributed by atoms with Crippen molar-refractivity contribution >= 4 is 11.9 Å². The van der Waals surface area contributed by atoms with Crippen LogP contribution in [0.15, 0.2) is 12.2 Å². The minimum Gasteiger partial charge on any atom is -0.481 e. The van der Waals surface area contributed by atoms with E-state index in [1.807, 2.05) is 12.2 Å². The molecule has 5 heteroatoms. The first-order chi connectivity index (χ1) is 9.00. The molecule has 0 aromatic carbocycles. The summed E-state index contributed by atoms with van der Waals surface area (Å²) in [5.74, 6) is -1.80. The molecule has 1 heterocycles. The van der Waals surface area contributed by atoms with Gasteiger partial charge >= 0.3 is 5.97 Å². The Morgan fingerprint density at radius 2 is 1.95 bits per heavy atom. The third kappa shape index (κ3) is 2.06. The predicted octanol–water partition coefficient (Wildman–Crippen LogP) is 0.662. The normalized spacial score (nSPS) is 37.9. The first kappa shape index (κ1) is 12.7. The molecule has 1 amide bonds. The van der Waals surface area contributed by atoms with E-state index in [0.717, 1.165) is 6.42 Å². The summed E-state index contributed by atoms with van der Waals surface area (Å²) in [5, 5.41) is 12.2. The lowest BCUT2D eigenvalue weighted by Crippen LogP contribution is -2.50. The molecular weight excluding hydrogens is 246 g/mol. The average molecular weight is 265 g/mol. The topological polar surface area (TPSA) is 75.6 Å². The molecule has 0 radical (unpaired) electrons. The van der Waals surface area contributed by atoms with Crippen LogP contribution in [0, 0.1) is 29.1 Å². The Kier molecular flexibility index (Phi) is 2.89. The fourth-order valence-corrected chi connectivity index (χ4v) is 3.49. The van der Waals surface area contributed by atoms with Gasteiger partial charge in [0.2, 0.25) is 5.91 Å². The number of carboxylic acids is 1. The monoisotopic (exact) mass is 265 g/mol. The molecule has 0 spiro atoms. The quantitative estimate of drug-likeness (QED) is 0.732. The van der Waals surface area contributed by atoms with Crippen LogP contribution < -0.4 is 5.32 Å². The van der Waals surface area contributed by atoms with Gasteiger partial charge in [0.1, 0.15) is 0 Å². The van der Waals surface area contributed by atoms with Crippen molar-refractivity contribution in [2.75, 3.05) is 19.8 Å². The molecule has 2 fully saturated rings. The SMILES string of the molecule is CC1(CNC(=O)C2C3C=CC(C3)C2C(=O)O)COC1. The Hall–Kier alpha value is -1.36. The Bertz CT molecular complexity index is 441. The number of rotatable bonds is 4. The fourth-order valence-electron chi connectivity index (χ4n) is 3.49. The minimum absolute atomic E-state index is 0.0157. The van der Waals surface area contributed by atoms with Gasteiger partial charge in [0.15, 0.2) is 0 Å². The molecule has 19 heavy (non-hydrogen) atoms. The van der Waals surface area contributed by atoms with Crippen LogP contribution in [-0.2, 0) is 14.3 Å². The Balaban J connectivity index is 1.65. The van der Waals surface area contributed by atoms with E-state index in [1.54, 1.807) is 0 Å². The van der Waals surface area contributed by atoms with Crippen LogP contribution >= 0.6 is 0 Å². The highest BCUT2D eigenvalue weighted by Crippen LogP contribution is 2.48. The molecule has 2 bridgehead atoms. The van der Waals surface area contributed by atoms with Crippen molar-refractivity contribution in [3.8, 4) is 0 Å². The summed E-state index contributed by atoms with van der Waals surface area (Å²) in [4.78, 5) is 23.6. The average Bonchev–Trinajstić information content (AvgIpc) is 2.93. The summed E-state index contributed by atoms with van der Waals surface area (Å²) >= 11 is 0. The number of ether oxygens (including phenoxy) is 1. The van der Waals surface area contributed by atoms with Gasteiger partial charge in [-0.3, -0.25) is 9.59 Å². The lowest BCUT2D eigenvalue weighted by atomic mass is 9.82. The highest BCUT2D eigenvalue weighted by Gasteiger charge is 2.51. The number of allylic oxidation sites excluding steroid dienone is 2. The number of nitrogens with one attached hydrogen (secondary N) is 1. The lowest BCUT2D eigenvalue weighted by Gasteiger charge is -2.38. The molecule has 3 aliphatic rings.